The molecule has 26 heavy (non-hydrogen) atoms. The van der Waals surface area contributed by atoms with Crippen molar-refractivity contribution >= 4 is 17.8 Å². The van der Waals surface area contributed by atoms with Crippen molar-refractivity contribution in [2.45, 2.75) is 59.5 Å². The summed E-state index contributed by atoms with van der Waals surface area (Å²) in [5.74, 6) is 0.194. The summed E-state index contributed by atoms with van der Waals surface area (Å²) < 4.78 is 5.87. The zero-order valence-electron chi connectivity index (χ0n) is 16.5. The van der Waals surface area contributed by atoms with Gasteiger partial charge < -0.3 is 4.74 Å². The van der Waals surface area contributed by atoms with Crippen molar-refractivity contribution in [3.8, 4) is 0 Å². The molecule has 1 aliphatic carbocycles. The average Bonchev–Trinajstić information content (AvgIpc) is 2.61. The van der Waals surface area contributed by atoms with E-state index in [-0.39, 0.29) is 17.9 Å². The van der Waals surface area contributed by atoms with Crippen LogP contribution in [0.3, 0.4) is 0 Å². The normalized spacial score (nSPS) is 24.6. The van der Waals surface area contributed by atoms with Crippen molar-refractivity contribution < 1.29 is 14.3 Å². The third-order valence-corrected chi connectivity index (χ3v) is 5.50. The monoisotopic (exact) mass is 356 g/mol. The molecular formula is C23H32O3. The second-order valence-electron chi connectivity index (χ2n) is 7.91. The second-order valence-corrected chi connectivity index (χ2v) is 7.91. The first kappa shape index (κ1) is 20.4. The van der Waals surface area contributed by atoms with Crippen LogP contribution in [0.5, 0.6) is 0 Å². The predicted octanol–water partition coefficient (Wildman–Crippen LogP) is 5.30. The number of carbonyl (C=O) groups is 2. The van der Waals surface area contributed by atoms with E-state index in [1.54, 1.807) is 6.08 Å². The van der Waals surface area contributed by atoms with Crippen molar-refractivity contribution in [2.75, 3.05) is 0 Å². The van der Waals surface area contributed by atoms with Crippen LogP contribution < -0.4 is 0 Å². The molecule has 3 heteroatoms. The minimum atomic E-state index is -0.708. The van der Waals surface area contributed by atoms with Crippen molar-refractivity contribution in [1.29, 1.82) is 0 Å². The summed E-state index contributed by atoms with van der Waals surface area (Å²) in [6.45, 7) is 8.45. The highest BCUT2D eigenvalue weighted by molar-refractivity contribution is 6.06. The van der Waals surface area contributed by atoms with Gasteiger partial charge in [-0.2, -0.15) is 0 Å². The van der Waals surface area contributed by atoms with E-state index in [0.717, 1.165) is 18.4 Å². The number of esters is 1. The zero-order valence-corrected chi connectivity index (χ0v) is 16.5. The van der Waals surface area contributed by atoms with Crippen molar-refractivity contribution in [2.24, 2.45) is 23.7 Å². The van der Waals surface area contributed by atoms with Crippen LogP contribution in [0, 0.1) is 23.7 Å². The molecule has 0 heterocycles. The fraction of sp³-hybridized carbons (Fsp3) is 0.565. The van der Waals surface area contributed by atoms with Crippen LogP contribution >= 0.6 is 0 Å². The van der Waals surface area contributed by atoms with E-state index in [1.807, 2.05) is 37.3 Å². The Hall–Kier alpha value is -1.90. The lowest BCUT2D eigenvalue weighted by Crippen LogP contribution is -2.38. The van der Waals surface area contributed by atoms with Gasteiger partial charge in [0.05, 0.1) is 0 Å². The number of allylic oxidation sites excluding steroid dienone is 1. The van der Waals surface area contributed by atoms with Gasteiger partial charge in [-0.05, 0) is 48.7 Å². The van der Waals surface area contributed by atoms with Crippen molar-refractivity contribution in [3.05, 3.63) is 42.0 Å². The standard InChI is InChI=1S/C23H32O3/c1-5-19(21(24)14-12-18-9-7-6-8-10-18)23(25)26-22-15-17(4)11-13-20(22)16(2)3/h6-10,12,14,16-17,19-20,22H,5,11,13,15H2,1-4H3/b14-12+/t17-,19+,20-,22+/m1/s1. The quantitative estimate of drug-likeness (QED) is 0.378. The maximum atomic E-state index is 12.7. The number of rotatable bonds is 7. The minimum Gasteiger partial charge on any atom is -0.462 e. The molecule has 0 saturated heterocycles. The van der Waals surface area contributed by atoms with Gasteiger partial charge in [0.1, 0.15) is 12.0 Å². The van der Waals surface area contributed by atoms with Crippen molar-refractivity contribution in [3.63, 3.8) is 0 Å². The molecule has 0 amide bonds. The molecule has 0 aromatic heterocycles. The summed E-state index contributed by atoms with van der Waals surface area (Å²) in [5, 5.41) is 0. The molecule has 0 spiro atoms. The van der Waals surface area contributed by atoms with E-state index in [9.17, 15) is 9.59 Å². The summed E-state index contributed by atoms with van der Waals surface area (Å²) in [6, 6.07) is 9.64. The van der Waals surface area contributed by atoms with Gasteiger partial charge in [-0.1, -0.05) is 70.5 Å². The molecule has 1 aromatic carbocycles. The topological polar surface area (TPSA) is 43.4 Å². The number of hydrogen-bond acceptors (Lipinski definition) is 3. The fourth-order valence-electron chi connectivity index (χ4n) is 3.82. The molecule has 0 unspecified atom stereocenters. The number of ketones is 1. The van der Waals surface area contributed by atoms with Gasteiger partial charge in [0.25, 0.3) is 0 Å². The number of hydrogen-bond donors (Lipinski definition) is 0. The molecule has 142 valence electrons. The molecule has 4 atom stereocenters. The zero-order chi connectivity index (χ0) is 19.1. The van der Waals surface area contributed by atoms with E-state index in [4.69, 9.17) is 4.74 Å². The summed E-state index contributed by atoms with van der Waals surface area (Å²) in [4.78, 5) is 25.2. The highest BCUT2D eigenvalue weighted by atomic mass is 16.5. The maximum Gasteiger partial charge on any atom is 0.317 e. The molecule has 0 bridgehead atoms. The first-order valence-electron chi connectivity index (χ1n) is 9.89. The lowest BCUT2D eigenvalue weighted by molar-refractivity contribution is -0.162. The third kappa shape index (κ3) is 5.55. The number of benzene rings is 1. The molecule has 0 N–H and O–H groups in total. The lowest BCUT2D eigenvalue weighted by atomic mass is 9.75. The highest BCUT2D eigenvalue weighted by Gasteiger charge is 2.35. The first-order valence-corrected chi connectivity index (χ1v) is 9.89. The Morgan fingerprint density at radius 1 is 1.19 bits per heavy atom. The van der Waals surface area contributed by atoms with Gasteiger partial charge in [-0.15, -0.1) is 0 Å². The van der Waals surface area contributed by atoms with E-state index in [2.05, 4.69) is 20.8 Å². The van der Waals surface area contributed by atoms with Crippen LogP contribution in [0.25, 0.3) is 6.08 Å². The predicted molar refractivity (Wildman–Crippen MR) is 105 cm³/mol. The van der Waals surface area contributed by atoms with E-state index < -0.39 is 5.92 Å². The molecule has 1 saturated carbocycles. The smallest absolute Gasteiger partial charge is 0.317 e. The molecule has 0 radical (unpaired) electrons. The Morgan fingerprint density at radius 3 is 2.50 bits per heavy atom. The van der Waals surface area contributed by atoms with Gasteiger partial charge in [-0.3, -0.25) is 9.59 Å². The van der Waals surface area contributed by atoms with Gasteiger partial charge in [-0.25, -0.2) is 0 Å². The third-order valence-electron chi connectivity index (χ3n) is 5.50. The number of carbonyl (C=O) groups excluding carboxylic acids is 2. The molecule has 1 aliphatic rings. The highest BCUT2D eigenvalue weighted by Crippen LogP contribution is 2.35. The molecule has 1 aromatic rings. The number of ether oxygens (including phenoxy) is 1. The van der Waals surface area contributed by atoms with E-state index in [0.29, 0.717) is 24.2 Å². The van der Waals surface area contributed by atoms with Crippen LogP contribution in [-0.2, 0) is 14.3 Å². The Balaban J connectivity index is 2.02. The van der Waals surface area contributed by atoms with Crippen LogP contribution in [0.2, 0.25) is 0 Å². The van der Waals surface area contributed by atoms with E-state index >= 15 is 0 Å². The van der Waals surface area contributed by atoms with Gasteiger partial charge >= 0.3 is 5.97 Å². The Bertz CT molecular complexity index is 618. The van der Waals surface area contributed by atoms with Gasteiger partial charge in [0, 0.05) is 0 Å². The van der Waals surface area contributed by atoms with Gasteiger partial charge in [0.2, 0.25) is 0 Å². The maximum absolute atomic E-state index is 12.7. The lowest BCUT2D eigenvalue weighted by Gasteiger charge is -2.37. The van der Waals surface area contributed by atoms with Crippen LogP contribution in [0.15, 0.2) is 36.4 Å². The summed E-state index contributed by atoms with van der Waals surface area (Å²) >= 11 is 0. The Labute approximate surface area is 157 Å². The first-order chi connectivity index (χ1) is 12.4. The van der Waals surface area contributed by atoms with Crippen LogP contribution in [0.4, 0.5) is 0 Å². The second kappa shape index (κ2) is 9.70. The summed E-state index contributed by atoms with van der Waals surface area (Å²) in [7, 11) is 0. The molecule has 1 fully saturated rings. The van der Waals surface area contributed by atoms with E-state index in [1.165, 1.54) is 12.5 Å². The average molecular weight is 357 g/mol. The Kier molecular flexibility index (Phi) is 7.62. The SMILES string of the molecule is CC[C@@H](C(=O)/C=C/c1ccccc1)C(=O)O[C@H]1C[C@H](C)CC[C@@H]1C(C)C. The van der Waals surface area contributed by atoms with Crippen molar-refractivity contribution in [1.82, 2.24) is 0 Å². The van der Waals surface area contributed by atoms with Crippen LogP contribution in [0.1, 0.15) is 58.9 Å². The largest absolute Gasteiger partial charge is 0.462 e. The molecule has 2 rings (SSSR count). The molecule has 0 aliphatic heterocycles. The fourth-order valence-corrected chi connectivity index (χ4v) is 3.82. The summed E-state index contributed by atoms with van der Waals surface area (Å²) in [6.07, 6.45) is 6.85. The molecule has 3 nitrogen and oxygen atoms in total. The summed E-state index contributed by atoms with van der Waals surface area (Å²) in [5.41, 5.74) is 0.949. The minimum absolute atomic E-state index is 0.0637. The van der Waals surface area contributed by atoms with Gasteiger partial charge in [0.15, 0.2) is 5.78 Å². The van der Waals surface area contributed by atoms with Crippen LogP contribution in [-0.4, -0.2) is 17.9 Å². The molecular weight excluding hydrogens is 324 g/mol. The Morgan fingerprint density at radius 2 is 1.88 bits per heavy atom.